The third-order valence-corrected chi connectivity index (χ3v) is 2.13. The maximum absolute atomic E-state index is 11.1. The molecule has 1 N–H and O–H groups in total. The second-order valence-corrected chi connectivity index (χ2v) is 3.43. The van der Waals surface area contributed by atoms with Gasteiger partial charge in [-0.3, -0.25) is 0 Å². The molecule has 0 saturated heterocycles. The number of alkyl carbamates (subject to hydrolysis) is 1. The van der Waals surface area contributed by atoms with Crippen LogP contribution in [0.4, 0.5) is 4.79 Å². The zero-order valence-electron chi connectivity index (χ0n) is 9.51. The third-order valence-electron chi connectivity index (χ3n) is 2.13. The quantitative estimate of drug-likeness (QED) is 0.786. The molecule has 0 radical (unpaired) electrons. The summed E-state index contributed by atoms with van der Waals surface area (Å²) in [6, 6.07) is 7.90. The van der Waals surface area contributed by atoms with Crippen LogP contribution in [0.2, 0.25) is 0 Å². The number of ether oxygens (including phenoxy) is 1. The molecule has 1 amide bonds. The van der Waals surface area contributed by atoms with Crippen molar-refractivity contribution in [2.45, 2.75) is 19.4 Å². The van der Waals surface area contributed by atoms with E-state index >= 15 is 0 Å². The fourth-order valence-electron chi connectivity index (χ4n) is 1.36. The minimum Gasteiger partial charge on any atom is -0.548 e. The number of nitrogens with one attached hydrogen (secondary N) is 1. The van der Waals surface area contributed by atoms with E-state index in [1.54, 1.807) is 31.2 Å². The summed E-state index contributed by atoms with van der Waals surface area (Å²) in [4.78, 5) is 22.0. The van der Waals surface area contributed by atoms with E-state index in [1.165, 1.54) is 0 Å². The standard InChI is InChI=1S/C12H15NO4/c1-2-17-12(16)13-10(11(14)15)8-9-6-4-3-5-7-9/h3-7,10H,2,8H2,1H3,(H,13,16)(H,14,15)/p-1/t10-/m0/s1. The van der Waals surface area contributed by atoms with E-state index in [0.717, 1.165) is 5.56 Å². The van der Waals surface area contributed by atoms with E-state index in [-0.39, 0.29) is 13.0 Å². The highest BCUT2D eigenvalue weighted by Crippen LogP contribution is 2.03. The number of benzene rings is 1. The van der Waals surface area contributed by atoms with Gasteiger partial charge in [-0.1, -0.05) is 30.3 Å². The Morgan fingerprint density at radius 1 is 1.35 bits per heavy atom. The van der Waals surface area contributed by atoms with E-state index in [4.69, 9.17) is 0 Å². The number of carbonyl (C=O) groups is 2. The Hall–Kier alpha value is -2.04. The van der Waals surface area contributed by atoms with Gasteiger partial charge in [0.05, 0.1) is 18.6 Å². The average molecular weight is 236 g/mol. The van der Waals surface area contributed by atoms with E-state index < -0.39 is 18.1 Å². The van der Waals surface area contributed by atoms with Crippen LogP contribution in [0.15, 0.2) is 30.3 Å². The fourth-order valence-corrected chi connectivity index (χ4v) is 1.36. The number of carboxylic acid groups (broad SMARTS) is 1. The van der Waals surface area contributed by atoms with Gasteiger partial charge in [0.25, 0.3) is 0 Å². The molecule has 92 valence electrons. The van der Waals surface area contributed by atoms with Crippen molar-refractivity contribution in [2.24, 2.45) is 0 Å². The largest absolute Gasteiger partial charge is 0.548 e. The van der Waals surface area contributed by atoms with Crippen LogP contribution in [0.25, 0.3) is 0 Å². The van der Waals surface area contributed by atoms with Gasteiger partial charge in [0, 0.05) is 0 Å². The summed E-state index contributed by atoms with van der Waals surface area (Å²) >= 11 is 0. The number of hydrogen-bond acceptors (Lipinski definition) is 4. The summed E-state index contributed by atoms with van der Waals surface area (Å²) in [5, 5.41) is 13.1. The second-order valence-electron chi connectivity index (χ2n) is 3.43. The maximum Gasteiger partial charge on any atom is 0.407 e. The van der Waals surface area contributed by atoms with E-state index in [1.807, 2.05) is 6.07 Å². The minimum atomic E-state index is -1.33. The number of amides is 1. The summed E-state index contributed by atoms with van der Waals surface area (Å²) in [7, 11) is 0. The van der Waals surface area contributed by atoms with Gasteiger partial charge in [-0.15, -0.1) is 0 Å². The maximum atomic E-state index is 11.1. The summed E-state index contributed by atoms with van der Waals surface area (Å²) < 4.78 is 4.62. The first kappa shape index (κ1) is 13.0. The molecular formula is C12H14NO4-. The number of rotatable bonds is 5. The van der Waals surface area contributed by atoms with Crippen molar-refractivity contribution in [1.82, 2.24) is 5.32 Å². The molecule has 5 heteroatoms. The molecule has 17 heavy (non-hydrogen) atoms. The third kappa shape index (κ3) is 4.55. The van der Waals surface area contributed by atoms with Crippen LogP contribution in [0.1, 0.15) is 12.5 Å². The number of carboxylic acids is 1. The van der Waals surface area contributed by atoms with Gasteiger partial charge in [0.2, 0.25) is 0 Å². The highest BCUT2D eigenvalue weighted by atomic mass is 16.5. The van der Waals surface area contributed by atoms with Gasteiger partial charge >= 0.3 is 6.09 Å². The van der Waals surface area contributed by atoms with Crippen molar-refractivity contribution in [3.05, 3.63) is 35.9 Å². The number of carbonyl (C=O) groups excluding carboxylic acids is 2. The van der Waals surface area contributed by atoms with Crippen LogP contribution in [-0.2, 0) is 16.0 Å². The van der Waals surface area contributed by atoms with Crippen molar-refractivity contribution < 1.29 is 19.4 Å². The topological polar surface area (TPSA) is 78.5 Å². The first-order valence-corrected chi connectivity index (χ1v) is 5.31. The second kappa shape index (κ2) is 6.52. The summed E-state index contributed by atoms with van der Waals surface area (Å²) in [6.07, 6.45) is -0.584. The van der Waals surface area contributed by atoms with E-state index in [9.17, 15) is 14.7 Å². The molecule has 1 atom stereocenters. The van der Waals surface area contributed by atoms with Crippen molar-refractivity contribution in [2.75, 3.05) is 6.61 Å². The van der Waals surface area contributed by atoms with Crippen LogP contribution in [0.5, 0.6) is 0 Å². The molecule has 0 fully saturated rings. The minimum absolute atomic E-state index is 0.169. The van der Waals surface area contributed by atoms with Gasteiger partial charge in [-0.05, 0) is 18.9 Å². The highest BCUT2D eigenvalue weighted by Gasteiger charge is 2.14. The van der Waals surface area contributed by atoms with Gasteiger partial charge in [0.1, 0.15) is 0 Å². The van der Waals surface area contributed by atoms with Crippen molar-refractivity contribution in [3.8, 4) is 0 Å². The predicted octanol–water partition coefficient (Wildman–Crippen LogP) is 0.0937. The van der Waals surface area contributed by atoms with Gasteiger partial charge in [0.15, 0.2) is 0 Å². The van der Waals surface area contributed by atoms with Crippen LogP contribution >= 0.6 is 0 Å². The Kier molecular flexibility index (Phi) is 5.00. The molecule has 0 aromatic heterocycles. The first-order chi connectivity index (χ1) is 8.13. The van der Waals surface area contributed by atoms with Crippen LogP contribution < -0.4 is 10.4 Å². The molecule has 5 nitrogen and oxygen atoms in total. The normalized spacial score (nSPS) is 11.6. The molecule has 0 unspecified atom stereocenters. The lowest BCUT2D eigenvalue weighted by molar-refractivity contribution is -0.308. The average Bonchev–Trinajstić information content (AvgIpc) is 2.29. The van der Waals surface area contributed by atoms with E-state index in [2.05, 4.69) is 10.1 Å². The number of hydrogen-bond donors (Lipinski definition) is 1. The predicted molar refractivity (Wildman–Crippen MR) is 59.1 cm³/mol. The smallest absolute Gasteiger partial charge is 0.407 e. The summed E-state index contributed by atoms with van der Waals surface area (Å²) in [5.74, 6) is -1.33. The summed E-state index contributed by atoms with van der Waals surface area (Å²) in [6.45, 7) is 1.84. The van der Waals surface area contributed by atoms with Crippen LogP contribution in [0, 0.1) is 0 Å². The molecule has 0 saturated carbocycles. The van der Waals surface area contributed by atoms with Crippen LogP contribution in [-0.4, -0.2) is 24.7 Å². The Morgan fingerprint density at radius 2 is 2.00 bits per heavy atom. The van der Waals surface area contributed by atoms with Crippen molar-refractivity contribution in [3.63, 3.8) is 0 Å². The van der Waals surface area contributed by atoms with Crippen LogP contribution in [0.3, 0.4) is 0 Å². The lowest BCUT2D eigenvalue weighted by atomic mass is 10.1. The van der Waals surface area contributed by atoms with Gasteiger partial charge in [-0.2, -0.15) is 0 Å². The number of aliphatic carboxylic acids is 1. The lowest BCUT2D eigenvalue weighted by Gasteiger charge is -2.19. The molecule has 1 rings (SSSR count). The zero-order valence-corrected chi connectivity index (χ0v) is 9.51. The molecule has 0 aliphatic heterocycles. The Bertz CT molecular complexity index is 377. The molecule has 1 aromatic carbocycles. The molecule has 0 aliphatic rings. The zero-order chi connectivity index (χ0) is 12.7. The lowest BCUT2D eigenvalue weighted by Crippen LogP contribution is -2.49. The van der Waals surface area contributed by atoms with Crippen molar-refractivity contribution in [1.29, 1.82) is 0 Å². The molecule has 0 aliphatic carbocycles. The van der Waals surface area contributed by atoms with Gasteiger partial charge < -0.3 is 20.0 Å². The molecule has 0 bridgehead atoms. The van der Waals surface area contributed by atoms with E-state index in [0.29, 0.717) is 0 Å². The monoisotopic (exact) mass is 236 g/mol. The molecule has 0 heterocycles. The Balaban J connectivity index is 2.61. The fraction of sp³-hybridized carbons (Fsp3) is 0.333. The Labute approximate surface area is 99.4 Å². The molecule has 1 aromatic rings. The molecular weight excluding hydrogens is 222 g/mol. The highest BCUT2D eigenvalue weighted by molar-refractivity contribution is 5.78. The van der Waals surface area contributed by atoms with Crippen molar-refractivity contribution >= 4 is 12.1 Å². The molecule has 0 spiro atoms. The SMILES string of the molecule is CCOC(=O)N[C@@H](Cc1ccccc1)C(=O)[O-]. The van der Waals surface area contributed by atoms with Gasteiger partial charge in [-0.25, -0.2) is 4.79 Å². The Morgan fingerprint density at radius 3 is 2.53 bits per heavy atom. The summed E-state index contributed by atoms with van der Waals surface area (Å²) in [5.41, 5.74) is 0.804. The first-order valence-electron chi connectivity index (χ1n) is 5.31.